The normalized spacial score (nSPS) is 27.1. The molecule has 1 unspecified atom stereocenters. The lowest BCUT2D eigenvalue weighted by atomic mass is 9.66. The van der Waals surface area contributed by atoms with Crippen molar-refractivity contribution in [2.45, 2.75) is 26.2 Å². The molecule has 2 heterocycles. The zero-order chi connectivity index (χ0) is 14.2. The van der Waals surface area contributed by atoms with Crippen LogP contribution < -0.4 is 5.32 Å². The lowest BCUT2D eigenvalue weighted by molar-refractivity contribution is 0.0925. The van der Waals surface area contributed by atoms with E-state index < -0.39 is 9.84 Å². The Bertz CT molecular complexity index is 573. The molecule has 2 aliphatic heterocycles. The van der Waals surface area contributed by atoms with Crippen LogP contribution in [0, 0.1) is 11.3 Å². The fourth-order valence-electron chi connectivity index (χ4n) is 3.58. The molecule has 0 radical (unpaired) electrons. The zero-order valence-corrected chi connectivity index (χ0v) is 12.9. The number of hydrogen-bond donors (Lipinski definition) is 1. The Balaban J connectivity index is 1.76. The van der Waals surface area contributed by atoms with Crippen molar-refractivity contribution in [3.63, 3.8) is 0 Å². The van der Waals surface area contributed by atoms with Crippen molar-refractivity contribution in [1.82, 2.24) is 5.32 Å². The maximum atomic E-state index is 11.7. The molecule has 4 heteroatoms. The average Bonchev–Trinajstić information content (AvgIpc) is 2.75. The van der Waals surface area contributed by atoms with Gasteiger partial charge in [-0.3, -0.25) is 0 Å². The second-order valence-corrected chi connectivity index (χ2v) is 8.64. The summed E-state index contributed by atoms with van der Waals surface area (Å²) in [6.07, 6.45) is 2.91. The first-order chi connectivity index (χ1) is 9.53. The Morgan fingerprint density at radius 1 is 1.20 bits per heavy atom. The van der Waals surface area contributed by atoms with E-state index in [0.29, 0.717) is 17.4 Å². The van der Waals surface area contributed by atoms with Crippen LogP contribution >= 0.6 is 0 Å². The van der Waals surface area contributed by atoms with Crippen molar-refractivity contribution < 1.29 is 8.42 Å². The second kappa shape index (κ2) is 5.15. The third-order valence-electron chi connectivity index (χ3n) is 5.04. The molecule has 3 rings (SSSR count). The van der Waals surface area contributed by atoms with Crippen LogP contribution in [-0.2, 0) is 22.7 Å². The van der Waals surface area contributed by atoms with Crippen molar-refractivity contribution in [1.29, 1.82) is 0 Å². The second-order valence-electron chi connectivity index (χ2n) is 6.41. The van der Waals surface area contributed by atoms with Crippen LogP contribution in [0.2, 0.25) is 0 Å². The summed E-state index contributed by atoms with van der Waals surface area (Å²) in [4.78, 5) is 0. The number of benzene rings is 1. The zero-order valence-electron chi connectivity index (χ0n) is 12.1. The molecule has 1 atom stereocenters. The molecular formula is C16H23NO2S. The van der Waals surface area contributed by atoms with E-state index in [0.717, 1.165) is 32.4 Å². The van der Waals surface area contributed by atoms with Gasteiger partial charge in [-0.2, -0.15) is 0 Å². The van der Waals surface area contributed by atoms with Crippen molar-refractivity contribution >= 4 is 9.84 Å². The van der Waals surface area contributed by atoms with Gasteiger partial charge in [0.1, 0.15) is 0 Å². The molecular weight excluding hydrogens is 270 g/mol. The van der Waals surface area contributed by atoms with Crippen LogP contribution in [0.15, 0.2) is 24.3 Å². The number of sulfone groups is 1. The molecule has 2 saturated heterocycles. The van der Waals surface area contributed by atoms with Crippen LogP contribution in [0.3, 0.4) is 0 Å². The van der Waals surface area contributed by atoms with Gasteiger partial charge < -0.3 is 5.32 Å². The highest BCUT2D eigenvalue weighted by atomic mass is 32.2. The van der Waals surface area contributed by atoms with Gasteiger partial charge in [0.2, 0.25) is 0 Å². The molecule has 2 aliphatic rings. The summed E-state index contributed by atoms with van der Waals surface area (Å²) in [6.45, 7) is 4.08. The van der Waals surface area contributed by atoms with E-state index in [1.807, 2.05) is 0 Å². The summed E-state index contributed by atoms with van der Waals surface area (Å²) in [7, 11) is -2.79. The smallest absolute Gasteiger partial charge is 0.150 e. The molecule has 0 bridgehead atoms. The summed E-state index contributed by atoms with van der Waals surface area (Å²) in [5.41, 5.74) is 2.86. The minimum atomic E-state index is -2.79. The summed E-state index contributed by atoms with van der Waals surface area (Å²) < 4.78 is 23.5. The molecule has 0 amide bonds. The van der Waals surface area contributed by atoms with E-state index in [1.165, 1.54) is 11.1 Å². The highest BCUT2D eigenvalue weighted by Gasteiger charge is 2.48. The van der Waals surface area contributed by atoms with Gasteiger partial charge in [0.05, 0.1) is 11.5 Å². The lowest BCUT2D eigenvalue weighted by Gasteiger charge is -2.47. The summed E-state index contributed by atoms with van der Waals surface area (Å²) >= 11 is 0. The van der Waals surface area contributed by atoms with E-state index in [1.54, 1.807) is 0 Å². The molecule has 1 aromatic carbocycles. The predicted octanol–water partition coefficient (Wildman–Crippen LogP) is 1.82. The Labute approximate surface area is 121 Å². The van der Waals surface area contributed by atoms with Gasteiger partial charge in [0.25, 0.3) is 0 Å². The van der Waals surface area contributed by atoms with Crippen molar-refractivity contribution in [2.75, 3.05) is 24.6 Å². The molecule has 2 fully saturated rings. The molecule has 0 aliphatic carbocycles. The Morgan fingerprint density at radius 2 is 1.85 bits per heavy atom. The van der Waals surface area contributed by atoms with Gasteiger partial charge in [0.15, 0.2) is 9.84 Å². The fraction of sp³-hybridized carbons (Fsp3) is 0.625. The molecule has 0 spiro atoms. The fourth-order valence-corrected chi connectivity index (χ4v) is 5.53. The van der Waals surface area contributed by atoms with E-state index >= 15 is 0 Å². The lowest BCUT2D eigenvalue weighted by Crippen LogP contribution is -2.59. The number of hydrogen-bond acceptors (Lipinski definition) is 3. The minimum Gasteiger partial charge on any atom is -0.315 e. The minimum absolute atomic E-state index is 0.164. The molecule has 0 aromatic heterocycles. The number of nitrogens with one attached hydrogen (secondary N) is 1. The topological polar surface area (TPSA) is 46.2 Å². The number of aryl methyl sites for hydroxylation is 1. The van der Waals surface area contributed by atoms with Gasteiger partial charge in [-0.05, 0) is 36.3 Å². The van der Waals surface area contributed by atoms with E-state index in [2.05, 4.69) is 36.5 Å². The highest BCUT2D eigenvalue weighted by molar-refractivity contribution is 7.91. The van der Waals surface area contributed by atoms with Crippen LogP contribution in [0.4, 0.5) is 0 Å². The maximum Gasteiger partial charge on any atom is 0.150 e. The summed E-state index contributed by atoms with van der Waals surface area (Å²) in [6, 6.07) is 8.81. The van der Waals surface area contributed by atoms with Crippen molar-refractivity contribution in [2.24, 2.45) is 11.3 Å². The Kier molecular flexibility index (Phi) is 3.63. The quantitative estimate of drug-likeness (QED) is 0.921. The van der Waals surface area contributed by atoms with Crippen LogP contribution in [0.1, 0.15) is 24.5 Å². The maximum absolute atomic E-state index is 11.7. The SMILES string of the molecule is CCc1ccc(CC2(C3CCS(=O)(=O)C3)CNC2)cc1. The third-order valence-corrected chi connectivity index (χ3v) is 6.81. The standard InChI is InChI=1S/C16H23NO2S/c1-2-13-3-5-14(6-4-13)9-16(11-17-12-16)15-7-8-20(18,19)10-15/h3-6,15,17H,2,7-12H2,1H3. The molecule has 1 aromatic rings. The third kappa shape index (κ3) is 2.63. The van der Waals surface area contributed by atoms with Crippen LogP contribution in [-0.4, -0.2) is 33.0 Å². The molecule has 110 valence electrons. The van der Waals surface area contributed by atoms with Gasteiger partial charge in [-0.1, -0.05) is 31.2 Å². The molecule has 0 saturated carbocycles. The van der Waals surface area contributed by atoms with Gasteiger partial charge in [-0.25, -0.2) is 8.42 Å². The van der Waals surface area contributed by atoms with E-state index in [-0.39, 0.29) is 5.41 Å². The van der Waals surface area contributed by atoms with Gasteiger partial charge in [0, 0.05) is 18.5 Å². The van der Waals surface area contributed by atoms with Crippen molar-refractivity contribution in [3.05, 3.63) is 35.4 Å². The van der Waals surface area contributed by atoms with Gasteiger partial charge in [-0.15, -0.1) is 0 Å². The predicted molar refractivity (Wildman–Crippen MR) is 81.6 cm³/mol. The summed E-state index contributed by atoms with van der Waals surface area (Å²) in [5, 5.41) is 3.35. The van der Waals surface area contributed by atoms with Crippen LogP contribution in [0.25, 0.3) is 0 Å². The van der Waals surface area contributed by atoms with E-state index in [9.17, 15) is 8.42 Å². The Hall–Kier alpha value is -0.870. The first kappa shape index (κ1) is 14.1. The molecule has 20 heavy (non-hydrogen) atoms. The molecule has 3 nitrogen and oxygen atoms in total. The monoisotopic (exact) mass is 293 g/mol. The van der Waals surface area contributed by atoms with Crippen molar-refractivity contribution in [3.8, 4) is 0 Å². The first-order valence-corrected chi connectivity index (χ1v) is 9.34. The van der Waals surface area contributed by atoms with Gasteiger partial charge >= 0.3 is 0 Å². The van der Waals surface area contributed by atoms with E-state index in [4.69, 9.17) is 0 Å². The largest absolute Gasteiger partial charge is 0.315 e. The summed E-state index contributed by atoms with van der Waals surface area (Å²) in [5.74, 6) is 1.11. The number of rotatable bonds is 4. The first-order valence-electron chi connectivity index (χ1n) is 7.52. The van der Waals surface area contributed by atoms with Crippen LogP contribution in [0.5, 0.6) is 0 Å². The highest BCUT2D eigenvalue weighted by Crippen LogP contribution is 2.41. The Morgan fingerprint density at radius 3 is 2.30 bits per heavy atom. The molecule has 1 N–H and O–H groups in total. The average molecular weight is 293 g/mol.